The normalized spacial score (nSPS) is 25.5. The zero-order valence-corrected chi connectivity index (χ0v) is 12.1. The third-order valence-electron chi connectivity index (χ3n) is 4.90. The van der Waals surface area contributed by atoms with Crippen LogP contribution in [-0.4, -0.2) is 35.1 Å². The summed E-state index contributed by atoms with van der Waals surface area (Å²) in [6.07, 6.45) is 12.7. The van der Waals surface area contributed by atoms with E-state index in [-0.39, 0.29) is 6.61 Å². The summed E-state index contributed by atoms with van der Waals surface area (Å²) in [4.78, 5) is 14.4. The number of aliphatic hydroxyl groups is 1. The van der Waals surface area contributed by atoms with Crippen LogP contribution in [0.4, 0.5) is 0 Å². The molecule has 0 radical (unpaired) electrons. The molecule has 1 atom stereocenters. The average molecular weight is 267 g/mol. The van der Waals surface area contributed by atoms with E-state index in [2.05, 4.69) is 4.90 Å². The highest BCUT2D eigenvalue weighted by molar-refractivity contribution is 5.76. The summed E-state index contributed by atoms with van der Waals surface area (Å²) >= 11 is 0. The summed E-state index contributed by atoms with van der Waals surface area (Å²) in [5.74, 6) is 1.13. The second kappa shape index (κ2) is 7.88. The molecule has 110 valence electrons. The summed E-state index contributed by atoms with van der Waals surface area (Å²) in [6.45, 7) is 1.12. The molecule has 0 aromatic carbocycles. The van der Waals surface area contributed by atoms with Gasteiger partial charge >= 0.3 is 0 Å². The van der Waals surface area contributed by atoms with Crippen molar-refractivity contribution >= 4 is 5.91 Å². The first-order chi connectivity index (χ1) is 9.31. The smallest absolute Gasteiger partial charge is 0.222 e. The van der Waals surface area contributed by atoms with Gasteiger partial charge in [-0.1, -0.05) is 32.1 Å². The van der Waals surface area contributed by atoms with Gasteiger partial charge in [0.15, 0.2) is 0 Å². The Morgan fingerprint density at radius 3 is 2.47 bits per heavy atom. The van der Waals surface area contributed by atoms with Crippen molar-refractivity contribution in [2.45, 2.75) is 76.7 Å². The van der Waals surface area contributed by atoms with E-state index < -0.39 is 0 Å². The van der Waals surface area contributed by atoms with E-state index in [1.54, 1.807) is 0 Å². The Kier molecular flexibility index (Phi) is 6.15. The molecule has 1 saturated carbocycles. The monoisotopic (exact) mass is 267 g/mol. The van der Waals surface area contributed by atoms with Crippen LogP contribution in [0.1, 0.15) is 70.6 Å². The fraction of sp³-hybridized carbons (Fsp3) is 0.938. The number of hydrogen-bond acceptors (Lipinski definition) is 2. The Bertz CT molecular complexity index is 272. The number of carbonyl (C=O) groups is 1. The predicted molar refractivity (Wildman–Crippen MR) is 76.9 cm³/mol. The molecule has 0 aromatic heterocycles. The molecule has 3 heteroatoms. The lowest BCUT2D eigenvalue weighted by Crippen LogP contribution is -2.44. The van der Waals surface area contributed by atoms with Crippen molar-refractivity contribution in [3.63, 3.8) is 0 Å². The number of rotatable bonds is 5. The molecule has 1 amide bonds. The van der Waals surface area contributed by atoms with Crippen LogP contribution in [0.2, 0.25) is 0 Å². The molecule has 2 fully saturated rings. The first-order valence-electron chi connectivity index (χ1n) is 8.21. The number of nitrogens with zero attached hydrogens (tertiary/aromatic N) is 1. The minimum absolute atomic E-state index is 0.205. The molecule has 19 heavy (non-hydrogen) atoms. The Morgan fingerprint density at radius 2 is 1.74 bits per heavy atom. The third kappa shape index (κ3) is 4.48. The van der Waals surface area contributed by atoms with E-state index in [0.29, 0.717) is 11.9 Å². The van der Waals surface area contributed by atoms with Gasteiger partial charge in [0.1, 0.15) is 0 Å². The van der Waals surface area contributed by atoms with Crippen LogP contribution in [0.25, 0.3) is 0 Å². The van der Waals surface area contributed by atoms with E-state index in [0.717, 1.165) is 44.6 Å². The second-order valence-corrected chi connectivity index (χ2v) is 6.29. The van der Waals surface area contributed by atoms with Crippen molar-refractivity contribution < 1.29 is 9.90 Å². The maximum absolute atomic E-state index is 12.4. The minimum atomic E-state index is 0.205. The number of amides is 1. The van der Waals surface area contributed by atoms with Crippen LogP contribution < -0.4 is 0 Å². The largest absolute Gasteiger partial charge is 0.396 e. The van der Waals surface area contributed by atoms with Crippen LogP contribution in [0, 0.1) is 5.92 Å². The summed E-state index contributed by atoms with van der Waals surface area (Å²) in [6, 6.07) is 0.303. The van der Waals surface area contributed by atoms with E-state index in [1.165, 1.54) is 38.5 Å². The molecule has 3 nitrogen and oxygen atoms in total. The molecule has 1 N–H and O–H groups in total. The average Bonchev–Trinajstić information content (AvgIpc) is 2.47. The second-order valence-electron chi connectivity index (χ2n) is 6.29. The highest BCUT2D eigenvalue weighted by Gasteiger charge is 2.26. The van der Waals surface area contributed by atoms with Crippen LogP contribution in [-0.2, 0) is 4.79 Å². The molecule has 1 heterocycles. The van der Waals surface area contributed by atoms with Gasteiger partial charge in [-0.05, 0) is 38.0 Å². The third-order valence-corrected chi connectivity index (χ3v) is 4.90. The Morgan fingerprint density at radius 1 is 1.00 bits per heavy atom. The van der Waals surface area contributed by atoms with E-state index in [4.69, 9.17) is 5.11 Å². The summed E-state index contributed by atoms with van der Waals surface area (Å²) in [5, 5.41) is 9.11. The highest BCUT2D eigenvalue weighted by atomic mass is 16.3. The summed E-state index contributed by atoms with van der Waals surface area (Å²) in [7, 11) is 0. The lowest BCUT2D eigenvalue weighted by Gasteiger charge is -2.36. The van der Waals surface area contributed by atoms with Crippen molar-refractivity contribution in [3.8, 4) is 0 Å². The lowest BCUT2D eigenvalue weighted by molar-refractivity contribution is -0.135. The first kappa shape index (κ1) is 14.8. The minimum Gasteiger partial charge on any atom is -0.396 e. The number of aliphatic hydroxyl groups excluding tert-OH is 1. The van der Waals surface area contributed by atoms with Crippen molar-refractivity contribution in [2.24, 2.45) is 5.92 Å². The maximum Gasteiger partial charge on any atom is 0.222 e. The summed E-state index contributed by atoms with van der Waals surface area (Å²) < 4.78 is 0. The van der Waals surface area contributed by atoms with E-state index in [9.17, 15) is 4.79 Å². The SMILES string of the molecule is O=C(CCC1CCCCC1)N1CCCCC1CCO. The Labute approximate surface area is 117 Å². The van der Waals surface area contributed by atoms with Crippen LogP contribution in [0.15, 0.2) is 0 Å². The maximum atomic E-state index is 12.4. The molecule has 0 bridgehead atoms. The first-order valence-corrected chi connectivity index (χ1v) is 8.21. The number of carbonyl (C=O) groups excluding carboxylic acids is 1. The molecular formula is C16H29NO2. The van der Waals surface area contributed by atoms with Gasteiger partial charge in [0.25, 0.3) is 0 Å². The van der Waals surface area contributed by atoms with Gasteiger partial charge in [0, 0.05) is 25.6 Å². The Balaban J connectivity index is 1.76. The van der Waals surface area contributed by atoms with Gasteiger partial charge < -0.3 is 10.0 Å². The van der Waals surface area contributed by atoms with Crippen molar-refractivity contribution in [2.75, 3.05) is 13.2 Å². The van der Waals surface area contributed by atoms with Gasteiger partial charge in [0.2, 0.25) is 5.91 Å². The number of piperidine rings is 1. The number of hydrogen-bond donors (Lipinski definition) is 1. The lowest BCUT2D eigenvalue weighted by atomic mass is 9.86. The molecule has 0 spiro atoms. The fourth-order valence-electron chi connectivity index (χ4n) is 3.73. The fourth-order valence-corrected chi connectivity index (χ4v) is 3.73. The molecule has 2 aliphatic rings. The van der Waals surface area contributed by atoms with Crippen LogP contribution >= 0.6 is 0 Å². The molecule has 2 rings (SSSR count). The molecule has 0 aromatic rings. The van der Waals surface area contributed by atoms with Gasteiger partial charge in [0.05, 0.1) is 0 Å². The molecule has 1 saturated heterocycles. The van der Waals surface area contributed by atoms with Crippen molar-refractivity contribution in [1.29, 1.82) is 0 Å². The molecule has 1 aliphatic carbocycles. The van der Waals surface area contributed by atoms with Crippen molar-refractivity contribution in [3.05, 3.63) is 0 Å². The molecule has 1 aliphatic heterocycles. The predicted octanol–water partition coefficient (Wildman–Crippen LogP) is 3.11. The number of likely N-dealkylation sites (tertiary alicyclic amines) is 1. The van der Waals surface area contributed by atoms with Crippen molar-refractivity contribution in [1.82, 2.24) is 4.90 Å². The van der Waals surface area contributed by atoms with E-state index in [1.807, 2.05) is 0 Å². The van der Waals surface area contributed by atoms with E-state index >= 15 is 0 Å². The van der Waals surface area contributed by atoms with Gasteiger partial charge in [-0.2, -0.15) is 0 Å². The quantitative estimate of drug-likeness (QED) is 0.831. The zero-order chi connectivity index (χ0) is 13.5. The topological polar surface area (TPSA) is 40.5 Å². The van der Waals surface area contributed by atoms with Crippen LogP contribution in [0.5, 0.6) is 0 Å². The highest BCUT2D eigenvalue weighted by Crippen LogP contribution is 2.28. The zero-order valence-electron chi connectivity index (χ0n) is 12.1. The van der Waals surface area contributed by atoms with Gasteiger partial charge in [-0.15, -0.1) is 0 Å². The molecule has 1 unspecified atom stereocenters. The van der Waals surface area contributed by atoms with Gasteiger partial charge in [-0.25, -0.2) is 0 Å². The Hall–Kier alpha value is -0.570. The standard InChI is InChI=1S/C16H29NO2/c18-13-11-15-8-4-5-12-17(15)16(19)10-9-14-6-2-1-3-7-14/h14-15,18H,1-13H2. The molecular weight excluding hydrogens is 238 g/mol. The van der Waals surface area contributed by atoms with Gasteiger partial charge in [-0.3, -0.25) is 4.79 Å². The van der Waals surface area contributed by atoms with Crippen LogP contribution in [0.3, 0.4) is 0 Å². The summed E-state index contributed by atoms with van der Waals surface area (Å²) in [5.41, 5.74) is 0.